The highest BCUT2D eigenvalue weighted by Crippen LogP contribution is 2.03. The number of nitrogens with zero attached hydrogens (tertiary/aromatic N) is 1. The Labute approximate surface area is 190 Å². The molecule has 0 bridgehead atoms. The third kappa shape index (κ3) is 11.1. The maximum Gasteiger partial charge on any atom is 0.327 e. The number of carbonyl (C=O) groups is 4. The molecule has 0 aromatic carbocycles. The molecule has 15 heteroatoms. The van der Waals surface area contributed by atoms with Crippen LogP contribution in [0.4, 0.5) is 0 Å². The van der Waals surface area contributed by atoms with E-state index < -0.39 is 54.0 Å². The summed E-state index contributed by atoms with van der Waals surface area (Å²) in [4.78, 5) is 52.1. The molecule has 0 aromatic rings. The van der Waals surface area contributed by atoms with Gasteiger partial charge in [-0.05, 0) is 19.8 Å². The Morgan fingerprint density at radius 1 is 0.968 bits per heavy atom. The average molecular weight is 482 g/mol. The van der Waals surface area contributed by atoms with Gasteiger partial charge in [-0.3, -0.25) is 19.4 Å². The van der Waals surface area contributed by atoms with E-state index in [0.717, 1.165) is 0 Å². The molecule has 0 aliphatic carbocycles. The van der Waals surface area contributed by atoms with Crippen molar-refractivity contribution in [3.63, 3.8) is 0 Å². The van der Waals surface area contributed by atoms with Gasteiger partial charge in [0.15, 0.2) is 5.96 Å². The molecule has 0 fully saturated rings. The lowest BCUT2D eigenvalue weighted by atomic mass is 10.1. The van der Waals surface area contributed by atoms with Crippen molar-refractivity contribution < 1.29 is 29.4 Å². The summed E-state index contributed by atoms with van der Waals surface area (Å²) in [6, 6.07) is -4.90. The minimum atomic E-state index is -1.48. The van der Waals surface area contributed by atoms with Crippen LogP contribution in [0.25, 0.3) is 0 Å². The van der Waals surface area contributed by atoms with Crippen LogP contribution in [0.2, 0.25) is 0 Å². The van der Waals surface area contributed by atoms with E-state index in [1.165, 1.54) is 6.92 Å². The molecule has 13 nitrogen and oxygen atoms in total. The highest BCUT2D eigenvalue weighted by molar-refractivity contribution is 7.80. The van der Waals surface area contributed by atoms with E-state index in [4.69, 9.17) is 22.3 Å². The summed E-state index contributed by atoms with van der Waals surface area (Å²) in [6.07, 6.45) is -0.967. The van der Waals surface area contributed by atoms with Crippen molar-refractivity contribution in [2.24, 2.45) is 22.2 Å². The summed E-state index contributed by atoms with van der Waals surface area (Å²) in [5, 5.41) is 25.9. The number of carboxylic acid groups (broad SMARTS) is 1. The van der Waals surface area contributed by atoms with E-state index in [1.807, 2.05) is 0 Å². The molecule has 178 valence electrons. The molecule has 0 saturated carbocycles. The lowest BCUT2D eigenvalue weighted by Gasteiger charge is -2.26. The van der Waals surface area contributed by atoms with Gasteiger partial charge in [-0.25, -0.2) is 4.79 Å². The minimum absolute atomic E-state index is 0.0349. The number of aliphatic carboxylic acids is 1. The number of aliphatic imine (C=N–C) groups is 1. The van der Waals surface area contributed by atoms with Gasteiger partial charge in [-0.15, -0.1) is 0 Å². The van der Waals surface area contributed by atoms with E-state index in [1.54, 1.807) is 0 Å². The van der Waals surface area contributed by atoms with Crippen molar-refractivity contribution in [1.82, 2.24) is 16.0 Å². The van der Waals surface area contributed by atoms with E-state index >= 15 is 0 Å². The summed E-state index contributed by atoms with van der Waals surface area (Å²) >= 11 is 7.77. The molecule has 31 heavy (non-hydrogen) atoms. The molecule has 5 atom stereocenters. The van der Waals surface area contributed by atoms with Crippen LogP contribution >= 0.6 is 25.3 Å². The standard InChI is InChI=1S/C16H31N7O6S2/c1-7(24)11(14(27)22-10(6-31)15(28)29)23-13(26)9(3-2-4-20-16(18)19)21-12(25)8(17)5-30/h7-11,24,30-31H,2-6,17H2,1H3,(H,21,25)(H,22,27)(H,23,26)(H,28,29)(H4,18,19,20). The van der Waals surface area contributed by atoms with Gasteiger partial charge < -0.3 is 43.4 Å². The molecule has 0 rings (SSSR count). The molecule has 0 aliphatic heterocycles. The lowest BCUT2D eigenvalue weighted by molar-refractivity contribution is -0.142. The second-order valence-corrected chi connectivity index (χ2v) is 7.34. The number of rotatable bonds is 14. The Morgan fingerprint density at radius 3 is 2.00 bits per heavy atom. The van der Waals surface area contributed by atoms with Crippen LogP contribution in [-0.4, -0.2) is 88.2 Å². The largest absolute Gasteiger partial charge is 0.480 e. The average Bonchev–Trinajstić information content (AvgIpc) is 2.70. The van der Waals surface area contributed by atoms with Gasteiger partial charge in [-0.1, -0.05) is 0 Å². The monoisotopic (exact) mass is 481 g/mol. The number of nitrogens with one attached hydrogen (secondary N) is 3. The molecular weight excluding hydrogens is 450 g/mol. The van der Waals surface area contributed by atoms with Crippen LogP contribution in [0.5, 0.6) is 0 Å². The second kappa shape index (κ2) is 14.7. The van der Waals surface area contributed by atoms with Crippen LogP contribution < -0.4 is 33.2 Å². The van der Waals surface area contributed by atoms with E-state index in [9.17, 15) is 24.3 Å². The quantitative estimate of drug-likeness (QED) is 0.0505. The first-order chi connectivity index (χ1) is 14.4. The lowest BCUT2D eigenvalue weighted by Crippen LogP contribution is -2.60. The number of guanidine groups is 1. The van der Waals surface area contributed by atoms with Crippen LogP contribution in [0.3, 0.4) is 0 Å². The number of thiol groups is 2. The number of carbonyl (C=O) groups excluding carboxylic acids is 3. The van der Waals surface area contributed by atoms with Gasteiger partial charge in [0.2, 0.25) is 17.7 Å². The zero-order valence-corrected chi connectivity index (χ0v) is 18.8. The van der Waals surface area contributed by atoms with Gasteiger partial charge >= 0.3 is 5.97 Å². The molecule has 0 spiro atoms. The van der Waals surface area contributed by atoms with Crippen LogP contribution in [0, 0.1) is 0 Å². The molecular formula is C16H31N7O6S2. The molecule has 0 aromatic heterocycles. The van der Waals surface area contributed by atoms with Crippen LogP contribution in [0.1, 0.15) is 19.8 Å². The smallest absolute Gasteiger partial charge is 0.327 e. The van der Waals surface area contributed by atoms with Crippen molar-refractivity contribution >= 4 is 54.9 Å². The maximum atomic E-state index is 12.7. The first kappa shape index (κ1) is 28.8. The van der Waals surface area contributed by atoms with Crippen molar-refractivity contribution in [2.45, 2.75) is 50.0 Å². The zero-order valence-electron chi connectivity index (χ0n) is 17.0. The number of carboxylic acids is 1. The summed E-state index contributed by atoms with van der Waals surface area (Å²) < 4.78 is 0. The van der Waals surface area contributed by atoms with E-state index in [2.05, 4.69) is 46.2 Å². The van der Waals surface area contributed by atoms with E-state index in [-0.39, 0.29) is 30.4 Å². The van der Waals surface area contributed by atoms with Gasteiger partial charge in [-0.2, -0.15) is 25.3 Å². The van der Waals surface area contributed by atoms with Crippen molar-refractivity contribution in [2.75, 3.05) is 18.1 Å². The number of aliphatic hydroxyl groups is 1. The number of aliphatic hydroxyl groups excluding tert-OH is 1. The van der Waals surface area contributed by atoms with Crippen LogP contribution in [-0.2, 0) is 19.2 Å². The summed E-state index contributed by atoms with van der Waals surface area (Å²) in [5.74, 6) is -3.99. The molecule has 0 aliphatic rings. The zero-order chi connectivity index (χ0) is 24.1. The van der Waals surface area contributed by atoms with Gasteiger partial charge in [0.1, 0.15) is 18.1 Å². The van der Waals surface area contributed by atoms with Crippen molar-refractivity contribution in [3.8, 4) is 0 Å². The molecule has 11 N–H and O–H groups in total. The fraction of sp³-hybridized carbons (Fsp3) is 0.688. The van der Waals surface area contributed by atoms with Gasteiger partial charge in [0.25, 0.3) is 0 Å². The highest BCUT2D eigenvalue weighted by Gasteiger charge is 2.32. The summed E-state index contributed by atoms with van der Waals surface area (Å²) in [6.45, 7) is 1.42. The Balaban J connectivity index is 5.36. The van der Waals surface area contributed by atoms with Gasteiger partial charge in [0.05, 0.1) is 12.1 Å². The van der Waals surface area contributed by atoms with E-state index in [0.29, 0.717) is 6.42 Å². The van der Waals surface area contributed by atoms with Crippen molar-refractivity contribution in [1.29, 1.82) is 0 Å². The number of nitrogens with two attached hydrogens (primary N) is 3. The molecule has 5 unspecified atom stereocenters. The molecule has 0 heterocycles. The Bertz CT molecular complexity index is 660. The first-order valence-corrected chi connectivity index (χ1v) is 10.6. The fourth-order valence-electron chi connectivity index (χ4n) is 2.24. The normalized spacial score (nSPS) is 15.5. The Morgan fingerprint density at radius 2 is 1.55 bits per heavy atom. The fourth-order valence-corrected chi connectivity index (χ4v) is 2.65. The summed E-state index contributed by atoms with van der Waals surface area (Å²) in [7, 11) is 0. The number of hydrogen-bond donors (Lipinski definition) is 10. The first-order valence-electron chi connectivity index (χ1n) is 9.29. The number of hydrogen-bond acceptors (Lipinski definition) is 9. The van der Waals surface area contributed by atoms with Crippen molar-refractivity contribution in [3.05, 3.63) is 0 Å². The molecule has 0 radical (unpaired) electrons. The highest BCUT2D eigenvalue weighted by atomic mass is 32.1. The Hall–Kier alpha value is -2.23. The third-order valence-electron chi connectivity index (χ3n) is 3.97. The third-order valence-corrected chi connectivity index (χ3v) is 4.73. The second-order valence-electron chi connectivity index (χ2n) is 6.61. The van der Waals surface area contributed by atoms with Crippen LogP contribution in [0.15, 0.2) is 4.99 Å². The SMILES string of the molecule is CC(O)C(NC(=O)C(CCCN=C(N)N)NC(=O)C(N)CS)C(=O)NC(CS)C(=O)O. The Kier molecular flexibility index (Phi) is 13.7. The van der Waals surface area contributed by atoms with Gasteiger partial charge in [0, 0.05) is 18.1 Å². The predicted molar refractivity (Wildman–Crippen MR) is 121 cm³/mol. The molecule has 3 amide bonds. The predicted octanol–water partition coefficient (Wildman–Crippen LogP) is -3.85. The molecule has 0 saturated heterocycles. The minimum Gasteiger partial charge on any atom is -0.480 e. The maximum absolute atomic E-state index is 12.7. The number of amides is 3. The topological polar surface area (TPSA) is 235 Å². The summed E-state index contributed by atoms with van der Waals surface area (Å²) in [5.41, 5.74) is 16.1.